The predicted octanol–water partition coefficient (Wildman–Crippen LogP) is 2.85. The van der Waals surface area contributed by atoms with Crippen molar-refractivity contribution in [1.29, 1.82) is 0 Å². The van der Waals surface area contributed by atoms with Crippen LogP contribution in [0.3, 0.4) is 0 Å². The lowest BCUT2D eigenvalue weighted by Gasteiger charge is -2.30. The molecule has 4 nitrogen and oxygen atoms in total. The Hall–Kier alpha value is -1.75. The zero-order chi connectivity index (χ0) is 14.7. The van der Waals surface area contributed by atoms with Gasteiger partial charge in [0.05, 0.1) is 0 Å². The first-order valence-corrected chi connectivity index (χ1v) is 8.16. The van der Waals surface area contributed by atoms with Crippen LogP contribution in [-0.4, -0.2) is 34.1 Å². The molecule has 1 unspecified atom stereocenters. The number of rotatable bonds is 3. The minimum atomic E-state index is 0.161. The average molecular weight is 301 g/mol. The van der Waals surface area contributed by atoms with Gasteiger partial charge in [-0.15, -0.1) is 21.5 Å². The fourth-order valence-corrected chi connectivity index (χ4v) is 3.74. The van der Waals surface area contributed by atoms with Gasteiger partial charge in [0, 0.05) is 32.4 Å². The van der Waals surface area contributed by atoms with E-state index in [0.717, 1.165) is 42.4 Å². The zero-order valence-corrected chi connectivity index (χ0v) is 13.0. The van der Waals surface area contributed by atoms with E-state index >= 15 is 0 Å². The standard InChI is InChI=1S/C16H19N3OS/c1-12(20)19-9-5-8-14(11-19)16-18-17-15(21-16)10-13-6-3-2-4-7-13/h2-4,6-7,14H,5,8-11H2,1H3. The molecule has 0 N–H and O–H groups in total. The number of benzene rings is 1. The summed E-state index contributed by atoms with van der Waals surface area (Å²) >= 11 is 1.69. The van der Waals surface area contributed by atoms with Gasteiger partial charge < -0.3 is 4.90 Å². The average Bonchev–Trinajstić information content (AvgIpc) is 2.97. The van der Waals surface area contributed by atoms with Gasteiger partial charge in [-0.3, -0.25) is 4.79 Å². The third kappa shape index (κ3) is 3.47. The van der Waals surface area contributed by atoms with E-state index in [2.05, 4.69) is 22.3 Å². The van der Waals surface area contributed by atoms with E-state index in [0.29, 0.717) is 5.92 Å². The molecular weight excluding hydrogens is 282 g/mol. The number of piperidine rings is 1. The van der Waals surface area contributed by atoms with Crippen LogP contribution in [0.15, 0.2) is 30.3 Å². The second kappa shape index (κ2) is 6.35. The number of carbonyl (C=O) groups excluding carboxylic acids is 1. The second-order valence-corrected chi connectivity index (χ2v) is 6.59. The van der Waals surface area contributed by atoms with E-state index < -0.39 is 0 Å². The van der Waals surface area contributed by atoms with Crippen LogP contribution in [0.2, 0.25) is 0 Å². The Morgan fingerprint density at radius 2 is 2.14 bits per heavy atom. The third-order valence-corrected chi connectivity index (χ3v) is 4.98. The Bertz CT molecular complexity index is 611. The summed E-state index contributed by atoms with van der Waals surface area (Å²) in [6.45, 7) is 3.31. The molecule has 1 fully saturated rings. The number of likely N-dealkylation sites (tertiary alicyclic amines) is 1. The van der Waals surface area contributed by atoms with Crippen LogP contribution in [0.25, 0.3) is 0 Å². The lowest BCUT2D eigenvalue weighted by atomic mass is 9.99. The van der Waals surface area contributed by atoms with Crippen molar-refractivity contribution in [3.05, 3.63) is 45.9 Å². The molecule has 110 valence electrons. The summed E-state index contributed by atoms with van der Waals surface area (Å²) < 4.78 is 0. The van der Waals surface area contributed by atoms with Crippen molar-refractivity contribution in [2.75, 3.05) is 13.1 Å². The molecule has 1 aliphatic heterocycles. The predicted molar refractivity (Wildman–Crippen MR) is 83.4 cm³/mol. The highest BCUT2D eigenvalue weighted by molar-refractivity contribution is 7.11. The van der Waals surface area contributed by atoms with Crippen molar-refractivity contribution >= 4 is 17.2 Å². The van der Waals surface area contributed by atoms with Gasteiger partial charge in [-0.05, 0) is 18.4 Å². The Morgan fingerprint density at radius 1 is 1.33 bits per heavy atom. The van der Waals surface area contributed by atoms with Gasteiger partial charge >= 0.3 is 0 Å². The number of carbonyl (C=O) groups is 1. The topological polar surface area (TPSA) is 46.1 Å². The van der Waals surface area contributed by atoms with E-state index in [9.17, 15) is 4.79 Å². The van der Waals surface area contributed by atoms with E-state index in [4.69, 9.17) is 0 Å². The molecule has 1 saturated heterocycles. The van der Waals surface area contributed by atoms with Crippen molar-refractivity contribution in [3.63, 3.8) is 0 Å². The lowest BCUT2D eigenvalue weighted by molar-refractivity contribution is -0.130. The summed E-state index contributed by atoms with van der Waals surface area (Å²) in [5.41, 5.74) is 1.26. The van der Waals surface area contributed by atoms with Crippen molar-refractivity contribution in [2.45, 2.75) is 32.1 Å². The highest BCUT2D eigenvalue weighted by Crippen LogP contribution is 2.29. The molecule has 21 heavy (non-hydrogen) atoms. The molecule has 0 saturated carbocycles. The summed E-state index contributed by atoms with van der Waals surface area (Å²) in [7, 11) is 0. The van der Waals surface area contributed by atoms with Gasteiger partial charge in [0.1, 0.15) is 10.0 Å². The molecule has 5 heteroatoms. The van der Waals surface area contributed by atoms with Crippen LogP contribution < -0.4 is 0 Å². The first kappa shape index (κ1) is 14.2. The minimum absolute atomic E-state index is 0.161. The summed E-state index contributed by atoms with van der Waals surface area (Å²) in [5.74, 6) is 0.512. The number of nitrogens with zero attached hydrogens (tertiary/aromatic N) is 3. The van der Waals surface area contributed by atoms with Crippen molar-refractivity contribution in [2.24, 2.45) is 0 Å². The van der Waals surface area contributed by atoms with Gasteiger partial charge in [0.2, 0.25) is 5.91 Å². The maximum atomic E-state index is 11.5. The maximum Gasteiger partial charge on any atom is 0.219 e. The molecule has 1 aliphatic rings. The molecule has 0 spiro atoms. The minimum Gasteiger partial charge on any atom is -0.342 e. The van der Waals surface area contributed by atoms with E-state index in [1.54, 1.807) is 18.3 Å². The quantitative estimate of drug-likeness (QED) is 0.875. The van der Waals surface area contributed by atoms with E-state index in [1.165, 1.54) is 5.56 Å². The van der Waals surface area contributed by atoms with Gasteiger partial charge in [0.25, 0.3) is 0 Å². The summed E-state index contributed by atoms with van der Waals surface area (Å²) in [5, 5.41) is 10.8. The van der Waals surface area contributed by atoms with Crippen LogP contribution in [0.4, 0.5) is 0 Å². The van der Waals surface area contributed by atoms with Crippen molar-refractivity contribution < 1.29 is 4.79 Å². The van der Waals surface area contributed by atoms with Crippen LogP contribution in [0, 0.1) is 0 Å². The van der Waals surface area contributed by atoms with E-state index in [1.807, 2.05) is 23.1 Å². The summed E-state index contributed by atoms with van der Waals surface area (Å²) in [6, 6.07) is 10.3. The van der Waals surface area contributed by atoms with Crippen LogP contribution in [0.1, 0.15) is 41.3 Å². The van der Waals surface area contributed by atoms with E-state index in [-0.39, 0.29) is 5.91 Å². The monoisotopic (exact) mass is 301 g/mol. The fourth-order valence-electron chi connectivity index (χ4n) is 2.74. The smallest absolute Gasteiger partial charge is 0.219 e. The molecule has 0 bridgehead atoms. The first-order valence-electron chi connectivity index (χ1n) is 7.34. The van der Waals surface area contributed by atoms with Gasteiger partial charge in [0.15, 0.2) is 0 Å². The maximum absolute atomic E-state index is 11.5. The molecule has 1 aromatic carbocycles. The van der Waals surface area contributed by atoms with Crippen LogP contribution in [-0.2, 0) is 11.2 Å². The largest absolute Gasteiger partial charge is 0.342 e. The number of hydrogen-bond donors (Lipinski definition) is 0. The Morgan fingerprint density at radius 3 is 2.90 bits per heavy atom. The molecule has 0 aliphatic carbocycles. The molecule has 3 rings (SSSR count). The third-order valence-electron chi connectivity index (χ3n) is 3.90. The number of aromatic nitrogens is 2. The van der Waals surface area contributed by atoms with Gasteiger partial charge in [-0.2, -0.15) is 0 Å². The Kier molecular flexibility index (Phi) is 4.29. The molecule has 1 aromatic heterocycles. The Labute approximate surface area is 128 Å². The molecule has 2 aromatic rings. The zero-order valence-electron chi connectivity index (χ0n) is 12.2. The molecule has 1 amide bonds. The highest BCUT2D eigenvalue weighted by atomic mass is 32.1. The van der Waals surface area contributed by atoms with Crippen LogP contribution in [0.5, 0.6) is 0 Å². The van der Waals surface area contributed by atoms with Crippen molar-refractivity contribution in [1.82, 2.24) is 15.1 Å². The number of amides is 1. The van der Waals surface area contributed by atoms with Gasteiger partial charge in [-0.25, -0.2) is 0 Å². The molecule has 0 radical (unpaired) electrons. The SMILES string of the molecule is CC(=O)N1CCCC(c2nnc(Cc3ccccc3)s2)C1. The van der Waals surface area contributed by atoms with Gasteiger partial charge in [-0.1, -0.05) is 30.3 Å². The lowest BCUT2D eigenvalue weighted by Crippen LogP contribution is -2.37. The summed E-state index contributed by atoms with van der Waals surface area (Å²) in [6.07, 6.45) is 2.99. The normalized spacial score (nSPS) is 18.7. The molecule has 1 atom stereocenters. The molecular formula is C16H19N3OS. The highest BCUT2D eigenvalue weighted by Gasteiger charge is 2.25. The number of hydrogen-bond acceptors (Lipinski definition) is 4. The second-order valence-electron chi connectivity index (χ2n) is 5.50. The Balaban J connectivity index is 1.68. The summed E-state index contributed by atoms with van der Waals surface area (Å²) in [4.78, 5) is 13.4. The first-order chi connectivity index (χ1) is 10.2. The molecule has 2 heterocycles. The van der Waals surface area contributed by atoms with Crippen molar-refractivity contribution in [3.8, 4) is 0 Å². The van der Waals surface area contributed by atoms with Crippen LogP contribution >= 0.6 is 11.3 Å². The fraction of sp³-hybridized carbons (Fsp3) is 0.438.